The van der Waals surface area contributed by atoms with Crippen molar-refractivity contribution in [1.29, 1.82) is 0 Å². The number of aryl methyl sites for hydroxylation is 1. The van der Waals surface area contributed by atoms with Gasteiger partial charge >= 0.3 is 6.03 Å². The van der Waals surface area contributed by atoms with Gasteiger partial charge in [-0.1, -0.05) is 17.7 Å². The molecule has 33 heavy (non-hydrogen) atoms. The van der Waals surface area contributed by atoms with Crippen molar-refractivity contribution in [2.45, 2.75) is 19.9 Å². The summed E-state index contributed by atoms with van der Waals surface area (Å²) in [6.45, 7) is 3.97. The van der Waals surface area contributed by atoms with Crippen LogP contribution in [0.2, 0.25) is 5.02 Å². The average molecular weight is 469 g/mol. The highest BCUT2D eigenvalue weighted by atomic mass is 35.5. The summed E-state index contributed by atoms with van der Waals surface area (Å²) in [5.74, 6) is 0.270. The number of likely N-dealkylation sites (N-methyl/N-ethyl adjacent to an activating group) is 1. The summed E-state index contributed by atoms with van der Waals surface area (Å²) in [5, 5.41) is 15.3. The fraction of sp³-hybridized carbons (Fsp3) is 0.217. The predicted molar refractivity (Wildman–Crippen MR) is 128 cm³/mol. The lowest BCUT2D eigenvalue weighted by Crippen LogP contribution is -2.44. The van der Waals surface area contributed by atoms with Gasteiger partial charge in [0.05, 0.1) is 22.0 Å². The maximum Gasteiger partial charge on any atom is 0.341 e. The molecule has 2 heterocycles. The van der Waals surface area contributed by atoms with Crippen LogP contribution < -0.4 is 16.1 Å². The molecule has 3 aromatic rings. The van der Waals surface area contributed by atoms with E-state index in [1.54, 1.807) is 56.0 Å². The lowest BCUT2D eigenvalue weighted by Gasteiger charge is -2.24. The Balaban J connectivity index is 1.68. The van der Waals surface area contributed by atoms with E-state index in [9.17, 15) is 9.59 Å². The molecule has 3 amide bonds. The zero-order valence-electron chi connectivity index (χ0n) is 18.5. The van der Waals surface area contributed by atoms with Crippen molar-refractivity contribution in [3.05, 3.63) is 71.0 Å². The molecule has 4 N–H and O–H groups in total. The van der Waals surface area contributed by atoms with E-state index in [1.807, 2.05) is 25.1 Å². The van der Waals surface area contributed by atoms with Gasteiger partial charge in [0.15, 0.2) is 0 Å². The molecule has 1 unspecified atom stereocenters. The van der Waals surface area contributed by atoms with Crippen molar-refractivity contribution in [3.63, 3.8) is 0 Å². The third kappa shape index (κ3) is 5.97. The van der Waals surface area contributed by atoms with E-state index >= 15 is 0 Å². The van der Waals surface area contributed by atoms with Crippen LogP contribution in [0.4, 0.5) is 16.3 Å². The molecule has 2 aromatic heterocycles. The van der Waals surface area contributed by atoms with Crippen LogP contribution in [-0.4, -0.2) is 51.6 Å². The number of nitrogens with zero attached hydrogens (tertiary/aromatic N) is 3. The fourth-order valence-electron chi connectivity index (χ4n) is 3.09. The first-order valence-corrected chi connectivity index (χ1v) is 10.6. The van der Waals surface area contributed by atoms with Crippen LogP contribution in [0, 0.1) is 6.92 Å². The molecule has 0 aliphatic rings. The summed E-state index contributed by atoms with van der Waals surface area (Å²) in [6, 6.07) is 13.3. The third-order valence-electron chi connectivity index (χ3n) is 5.15. The number of benzene rings is 1. The van der Waals surface area contributed by atoms with Crippen molar-refractivity contribution in [2.24, 2.45) is 0 Å². The number of nitrogens with one attached hydrogen (secondary N) is 3. The molecular weight excluding hydrogens is 444 g/mol. The van der Waals surface area contributed by atoms with E-state index in [1.165, 1.54) is 4.90 Å². The van der Waals surface area contributed by atoms with Gasteiger partial charge in [-0.3, -0.25) is 15.0 Å². The summed E-state index contributed by atoms with van der Waals surface area (Å²) in [6.07, 6.45) is 1.68. The molecule has 0 fully saturated rings. The number of rotatable bonds is 7. The van der Waals surface area contributed by atoms with Crippen LogP contribution in [0.5, 0.6) is 0 Å². The van der Waals surface area contributed by atoms with E-state index in [0.717, 1.165) is 5.56 Å². The SMILES string of the molecule is Cc1nc(NCC(C)N(C)C(=O)NO)ccc1C(=O)Nc1ccc(Cl)c(-c2ccccn2)c1. The summed E-state index contributed by atoms with van der Waals surface area (Å²) in [5.41, 5.74) is 4.59. The second-order valence-electron chi connectivity index (χ2n) is 7.45. The Morgan fingerprint density at radius 2 is 1.97 bits per heavy atom. The standard InChI is InChI=1S/C23H25ClN6O3/c1-14(30(3)23(32)29-33)13-26-21-10-8-17(15(2)27-21)22(31)28-16-7-9-19(24)18(12-16)20-6-4-5-11-25-20/h4-12,14,33H,13H2,1-3H3,(H,26,27)(H,28,31)(H,29,32). The maximum atomic E-state index is 12.8. The Kier molecular flexibility index (Phi) is 7.81. The smallest absolute Gasteiger partial charge is 0.341 e. The molecule has 0 bridgehead atoms. The van der Waals surface area contributed by atoms with Crippen molar-refractivity contribution in [1.82, 2.24) is 20.3 Å². The Bertz CT molecular complexity index is 1140. The van der Waals surface area contributed by atoms with Gasteiger partial charge < -0.3 is 15.5 Å². The van der Waals surface area contributed by atoms with Crippen molar-refractivity contribution in [2.75, 3.05) is 24.2 Å². The Hall–Kier alpha value is -3.69. The van der Waals surface area contributed by atoms with Crippen LogP contribution >= 0.6 is 11.6 Å². The molecule has 1 atom stereocenters. The molecule has 3 rings (SSSR count). The van der Waals surface area contributed by atoms with E-state index in [2.05, 4.69) is 20.6 Å². The number of halogens is 1. The van der Waals surface area contributed by atoms with Gasteiger partial charge in [-0.05, 0) is 56.3 Å². The maximum absolute atomic E-state index is 12.8. The van der Waals surface area contributed by atoms with Crippen molar-refractivity contribution < 1.29 is 14.8 Å². The largest absolute Gasteiger partial charge is 0.368 e. The van der Waals surface area contributed by atoms with Gasteiger partial charge in [0.25, 0.3) is 5.91 Å². The number of hydrogen-bond acceptors (Lipinski definition) is 6. The molecule has 0 aliphatic heterocycles. The molecule has 9 nitrogen and oxygen atoms in total. The molecule has 1 aromatic carbocycles. The highest BCUT2D eigenvalue weighted by Crippen LogP contribution is 2.29. The van der Waals surface area contributed by atoms with Crippen LogP contribution in [0.1, 0.15) is 23.0 Å². The third-order valence-corrected chi connectivity index (χ3v) is 5.48. The van der Waals surface area contributed by atoms with Crippen LogP contribution in [0.25, 0.3) is 11.3 Å². The van der Waals surface area contributed by atoms with E-state index < -0.39 is 6.03 Å². The number of aromatic nitrogens is 2. The normalized spacial score (nSPS) is 11.4. The van der Waals surface area contributed by atoms with Crippen molar-refractivity contribution in [3.8, 4) is 11.3 Å². The lowest BCUT2D eigenvalue weighted by atomic mass is 10.1. The van der Waals surface area contributed by atoms with Crippen LogP contribution in [0.3, 0.4) is 0 Å². The fourth-order valence-corrected chi connectivity index (χ4v) is 3.30. The van der Waals surface area contributed by atoms with Crippen molar-refractivity contribution >= 4 is 35.0 Å². The number of carbonyl (C=O) groups excluding carboxylic acids is 2. The quantitative estimate of drug-likeness (QED) is 0.305. The minimum atomic E-state index is -0.603. The molecule has 0 saturated carbocycles. The topological polar surface area (TPSA) is 119 Å². The molecular formula is C23H25ClN6O3. The molecule has 0 spiro atoms. The lowest BCUT2D eigenvalue weighted by molar-refractivity contribution is 0.102. The van der Waals surface area contributed by atoms with Crippen LogP contribution in [-0.2, 0) is 0 Å². The molecule has 0 saturated heterocycles. The number of urea groups is 1. The summed E-state index contributed by atoms with van der Waals surface area (Å²) in [4.78, 5) is 34.4. The highest BCUT2D eigenvalue weighted by Gasteiger charge is 2.16. The average Bonchev–Trinajstić information content (AvgIpc) is 2.83. The van der Waals surface area contributed by atoms with E-state index in [4.69, 9.17) is 16.8 Å². The number of pyridine rings is 2. The first-order valence-electron chi connectivity index (χ1n) is 10.2. The van der Waals surface area contributed by atoms with Gasteiger partial charge in [0.2, 0.25) is 0 Å². The van der Waals surface area contributed by atoms with Gasteiger partial charge in [-0.25, -0.2) is 15.3 Å². The zero-order valence-corrected chi connectivity index (χ0v) is 19.2. The molecule has 10 heteroatoms. The minimum absolute atomic E-state index is 0.208. The van der Waals surface area contributed by atoms with Gasteiger partial charge in [0.1, 0.15) is 5.82 Å². The highest BCUT2D eigenvalue weighted by molar-refractivity contribution is 6.33. The summed E-state index contributed by atoms with van der Waals surface area (Å²) < 4.78 is 0. The number of carbonyl (C=O) groups is 2. The van der Waals surface area contributed by atoms with Gasteiger partial charge in [-0.15, -0.1) is 0 Å². The Morgan fingerprint density at radius 3 is 2.64 bits per heavy atom. The summed E-state index contributed by atoms with van der Waals surface area (Å²) >= 11 is 6.32. The second kappa shape index (κ2) is 10.8. The zero-order chi connectivity index (χ0) is 24.0. The first kappa shape index (κ1) is 24.0. The van der Waals surface area contributed by atoms with E-state index in [0.29, 0.717) is 40.0 Å². The molecule has 172 valence electrons. The monoisotopic (exact) mass is 468 g/mol. The first-order chi connectivity index (χ1) is 15.8. The Labute approximate surface area is 196 Å². The second-order valence-corrected chi connectivity index (χ2v) is 7.86. The Morgan fingerprint density at radius 1 is 1.18 bits per heavy atom. The number of anilines is 2. The summed E-state index contributed by atoms with van der Waals surface area (Å²) in [7, 11) is 1.57. The van der Waals surface area contributed by atoms with Crippen LogP contribution in [0.15, 0.2) is 54.7 Å². The molecule has 0 aliphatic carbocycles. The number of amides is 3. The van der Waals surface area contributed by atoms with Gasteiger partial charge in [0, 0.05) is 37.1 Å². The van der Waals surface area contributed by atoms with Gasteiger partial charge in [-0.2, -0.15) is 0 Å². The minimum Gasteiger partial charge on any atom is -0.368 e. The molecule has 0 radical (unpaired) electrons. The number of hydrogen-bond donors (Lipinski definition) is 4. The van der Waals surface area contributed by atoms with E-state index in [-0.39, 0.29) is 11.9 Å². The predicted octanol–water partition coefficient (Wildman–Crippen LogP) is 4.19. The number of hydroxylamine groups is 1.